The molecule has 1 heterocycles. The minimum atomic E-state index is 0.447. The van der Waals surface area contributed by atoms with Gasteiger partial charge in [0.05, 0.1) is 0 Å². The quantitative estimate of drug-likeness (QED) is 0.839. The number of rotatable bonds is 1. The number of hydrogen-bond acceptors (Lipinski definition) is 1. The first kappa shape index (κ1) is 14.5. The highest BCUT2D eigenvalue weighted by Crippen LogP contribution is 2.31. The molecule has 1 nitrogen and oxygen atoms in total. The smallest absolute Gasteiger partial charge is 0.0249 e. The SMILES string of the molecule is C1=CC=C(C2CCC=c3c2ccc2c3=CCc3ccccc3-2)NC=C1. The maximum atomic E-state index is 3.48. The lowest BCUT2D eigenvalue weighted by Gasteiger charge is -2.26. The van der Waals surface area contributed by atoms with Crippen molar-refractivity contribution in [2.45, 2.75) is 25.2 Å². The van der Waals surface area contributed by atoms with Crippen molar-refractivity contribution in [3.8, 4) is 11.1 Å². The van der Waals surface area contributed by atoms with Crippen LogP contribution in [0.25, 0.3) is 23.3 Å². The summed E-state index contributed by atoms with van der Waals surface area (Å²) in [6.07, 6.45) is 18.7. The molecule has 0 radical (unpaired) electrons. The minimum absolute atomic E-state index is 0.447. The van der Waals surface area contributed by atoms with E-state index in [1.165, 1.54) is 44.8 Å². The molecular weight excluding hydrogens is 302 g/mol. The molecule has 1 N–H and O–H groups in total. The van der Waals surface area contributed by atoms with Crippen molar-refractivity contribution in [3.05, 3.63) is 94.2 Å². The second kappa shape index (κ2) is 5.93. The third-order valence-electron chi connectivity index (χ3n) is 5.55. The monoisotopic (exact) mass is 323 g/mol. The highest BCUT2D eigenvalue weighted by Gasteiger charge is 2.22. The molecule has 0 spiro atoms. The van der Waals surface area contributed by atoms with Crippen LogP contribution in [0.3, 0.4) is 0 Å². The Balaban J connectivity index is 1.68. The van der Waals surface area contributed by atoms with Crippen LogP contribution in [0, 0.1) is 0 Å². The Morgan fingerprint density at radius 2 is 1.80 bits per heavy atom. The zero-order valence-electron chi connectivity index (χ0n) is 14.2. The Morgan fingerprint density at radius 1 is 0.840 bits per heavy atom. The van der Waals surface area contributed by atoms with Gasteiger partial charge in [0.2, 0.25) is 0 Å². The van der Waals surface area contributed by atoms with E-state index in [1.807, 2.05) is 6.20 Å². The van der Waals surface area contributed by atoms with Crippen molar-refractivity contribution in [2.24, 2.45) is 0 Å². The molecule has 3 aliphatic rings. The van der Waals surface area contributed by atoms with E-state index < -0.39 is 0 Å². The molecule has 0 amide bonds. The molecule has 5 rings (SSSR count). The Morgan fingerprint density at radius 3 is 2.80 bits per heavy atom. The van der Waals surface area contributed by atoms with Crippen LogP contribution in [0.4, 0.5) is 0 Å². The van der Waals surface area contributed by atoms with Crippen LogP contribution >= 0.6 is 0 Å². The van der Waals surface area contributed by atoms with E-state index in [0.717, 1.165) is 12.8 Å². The van der Waals surface area contributed by atoms with Crippen molar-refractivity contribution < 1.29 is 0 Å². The van der Waals surface area contributed by atoms with Gasteiger partial charge in [-0.1, -0.05) is 60.7 Å². The van der Waals surface area contributed by atoms with E-state index in [1.54, 1.807) is 0 Å². The largest absolute Gasteiger partial charge is 0.364 e. The van der Waals surface area contributed by atoms with Gasteiger partial charge in [-0.2, -0.15) is 0 Å². The van der Waals surface area contributed by atoms with Crippen molar-refractivity contribution in [2.75, 3.05) is 0 Å². The maximum Gasteiger partial charge on any atom is 0.0249 e. The fourth-order valence-corrected chi connectivity index (χ4v) is 4.37. The summed E-state index contributed by atoms with van der Waals surface area (Å²) < 4.78 is 0. The maximum absolute atomic E-state index is 3.48. The van der Waals surface area contributed by atoms with Gasteiger partial charge in [-0.3, -0.25) is 0 Å². The Hall–Kier alpha value is -2.80. The van der Waals surface area contributed by atoms with Gasteiger partial charge in [-0.15, -0.1) is 0 Å². The number of hydrogen-bond donors (Lipinski definition) is 1. The molecule has 1 unspecified atom stereocenters. The van der Waals surface area contributed by atoms with E-state index in [9.17, 15) is 0 Å². The van der Waals surface area contributed by atoms with Crippen molar-refractivity contribution in [1.82, 2.24) is 5.32 Å². The van der Waals surface area contributed by atoms with Crippen LogP contribution in [0.5, 0.6) is 0 Å². The first-order valence-corrected chi connectivity index (χ1v) is 9.13. The zero-order valence-corrected chi connectivity index (χ0v) is 14.2. The average Bonchev–Trinajstić information content (AvgIpc) is 2.96. The van der Waals surface area contributed by atoms with Crippen LogP contribution in [0.2, 0.25) is 0 Å². The van der Waals surface area contributed by atoms with E-state index in [4.69, 9.17) is 0 Å². The molecule has 0 aromatic heterocycles. The van der Waals surface area contributed by atoms with Gasteiger partial charge in [0, 0.05) is 17.8 Å². The van der Waals surface area contributed by atoms with Crippen LogP contribution in [-0.4, -0.2) is 0 Å². The molecule has 25 heavy (non-hydrogen) atoms. The molecule has 122 valence electrons. The Kier molecular flexibility index (Phi) is 3.45. The standard InChI is InChI=1S/C24H21N/c1-2-11-24(25-16-5-1)23-10-6-9-19-21-13-12-17-7-3-4-8-18(17)20(21)14-15-22(19)23/h1-5,7-9,11,13-16,23,25H,6,10,12H2. The summed E-state index contributed by atoms with van der Waals surface area (Å²) in [5.41, 5.74) is 6.99. The van der Waals surface area contributed by atoms with Gasteiger partial charge in [0.25, 0.3) is 0 Å². The molecule has 0 saturated carbocycles. The molecule has 0 bridgehead atoms. The number of nitrogens with one attached hydrogen (secondary N) is 1. The second-order valence-electron chi connectivity index (χ2n) is 6.94. The fourth-order valence-electron chi connectivity index (χ4n) is 4.37. The molecule has 0 fully saturated rings. The van der Waals surface area contributed by atoms with Crippen LogP contribution in [0.1, 0.15) is 29.9 Å². The first-order valence-electron chi connectivity index (χ1n) is 9.13. The predicted molar refractivity (Wildman–Crippen MR) is 105 cm³/mol. The topological polar surface area (TPSA) is 12.0 Å². The summed E-state index contributed by atoms with van der Waals surface area (Å²) in [6, 6.07) is 13.5. The van der Waals surface area contributed by atoms with Gasteiger partial charge in [-0.05, 0) is 64.1 Å². The van der Waals surface area contributed by atoms with Crippen LogP contribution < -0.4 is 15.8 Å². The van der Waals surface area contributed by atoms with Crippen molar-refractivity contribution in [1.29, 1.82) is 0 Å². The summed E-state index contributed by atoms with van der Waals surface area (Å²) in [5.74, 6) is 0.447. The lowest BCUT2D eigenvalue weighted by atomic mass is 9.81. The molecule has 1 aliphatic heterocycles. The summed E-state index contributed by atoms with van der Waals surface area (Å²) in [5, 5.41) is 6.36. The van der Waals surface area contributed by atoms with Gasteiger partial charge in [-0.25, -0.2) is 0 Å². The molecule has 1 atom stereocenters. The molecular formula is C24H21N. The molecule has 1 heteroatoms. The number of fused-ring (bicyclic) bond motifs is 5. The zero-order chi connectivity index (χ0) is 16.6. The average molecular weight is 323 g/mol. The summed E-state index contributed by atoms with van der Waals surface area (Å²) in [4.78, 5) is 0. The second-order valence-corrected chi connectivity index (χ2v) is 6.94. The van der Waals surface area contributed by atoms with E-state index in [2.05, 4.69) is 78.2 Å². The normalized spacial score (nSPS) is 20.0. The third kappa shape index (κ3) is 2.39. The van der Waals surface area contributed by atoms with E-state index >= 15 is 0 Å². The minimum Gasteiger partial charge on any atom is -0.364 e. The summed E-state index contributed by atoms with van der Waals surface area (Å²) in [6.45, 7) is 0. The van der Waals surface area contributed by atoms with Gasteiger partial charge in [0.1, 0.15) is 0 Å². The van der Waals surface area contributed by atoms with E-state index in [0.29, 0.717) is 5.92 Å². The third-order valence-corrected chi connectivity index (χ3v) is 5.55. The van der Waals surface area contributed by atoms with Crippen molar-refractivity contribution >= 4 is 12.2 Å². The molecule has 2 aromatic carbocycles. The van der Waals surface area contributed by atoms with Crippen LogP contribution in [0.15, 0.2) is 72.6 Å². The Bertz CT molecular complexity index is 1050. The Labute approximate surface area is 148 Å². The number of allylic oxidation sites excluding steroid dienone is 5. The van der Waals surface area contributed by atoms with E-state index in [-0.39, 0.29) is 0 Å². The lowest BCUT2D eigenvalue weighted by molar-refractivity contribution is 0.673. The van der Waals surface area contributed by atoms with Gasteiger partial charge < -0.3 is 5.32 Å². The first-order chi connectivity index (χ1) is 12.4. The number of benzene rings is 2. The molecule has 2 aliphatic carbocycles. The molecule has 2 aromatic rings. The highest BCUT2D eigenvalue weighted by molar-refractivity contribution is 5.74. The molecule has 0 saturated heterocycles. The summed E-state index contributed by atoms with van der Waals surface area (Å²) in [7, 11) is 0. The highest BCUT2D eigenvalue weighted by atomic mass is 14.9. The predicted octanol–water partition coefficient (Wildman–Crippen LogP) is 3.91. The summed E-state index contributed by atoms with van der Waals surface area (Å²) >= 11 is 0. The van der Waals surface area contributed by atoms with Gasteiger partial charge in [0.15, 0.2) is 0 Å². The van der Waals surface area contributed by atoms with Crippen LogP contribution in [-0.2, 0) is 6.42 Å². The lowest BCUT2D eigenvalue weighted by Crippen LogP contribution is -2.36. The van der Waals surface area contributed by atoms with Gasteiger partial charge >= 0.3 is 0 Å². The fraction of sp³-hybridized carbons (Fsp3) is 0.167. The van der Waals surface area contributed by atoms with Crippen molar-refractivity contribution in [3.63, 3.8) is 0 Å².